The van der Waals surface area contributed by atoms with Gasteiger partial charge in [-0.3, -0.25) is 19.4 Å². The van der Waals surface area contributed by atoms with E-state index in [9.17, 15) is 40.7 Å². The Kier molecular flexibility index (Phi) is 29.4. The minimum atomic E-state index is -4.85. The van der Waals surface area contributed by atoms with Crippen molar-refractivity contribution < 1.29 is 56.0 Å². The SMILES string of the molecule is CC.CC(=O)N(C)C(N)=NC(N)=NC(C)CCc1ccccc1.CC(=O)N(C)c1nc(NC(C)CCc2ccccc2)nc(C(F)(F)F)n1.CO.COC(=O)C(F)(F)F.O. The van der Waals surface area contributed by atoms with Crippen molar-refractivity contribution >= 4 is 41.6 Å². The van der Waals surface area contributed by atoms with Gasteiger partial charge in [0.15, 0.2) is 0 Å². The number of carbonyl (C=O) groups is 3. The zero-order chi connectivity index (χ0) is 45.9. The number of benzene rings is 2. The molecule has 0 aliphatic rings. The summed E-state index contributed by atoms with van der Waals surface area (Å²) in [5.74, 6) is -4.63. The highest BCUT2D eigenvalue weighted by molar-refractivity contribution is 6.00. The maximum absolute atomic E-state index is 13.0. The molecule has 0 spiro atoms. The number of hydrogen-bond donors (Lipinski definition) is 4. The maximum atomic E-state index is 13.0. The van der Waals surface area contributed by atoms with Crippen LogP contribution >= 0.6 is 0 Å². The first-order valence-electron chi connectivity index (χ1n) is 18.0. The molecular formula is C38H58F6N10O6. The molecule has 8 N–H and O–H groups in total. The Hall–Kier alpha value is -5.90. The predicted octanol–water partition coefficient (Wildman–Crippen LogP) is 4.95. The number of aryl methyl sites for hydroxylation is 2. The second-order valence-electron chi connectivity index (χ2n) is 11.8. The lowest BCUT2D eigenvalue weighted by atomic mass is 10.1. The number of amides is 2. The lowest BCUT2D eigenvalue weighted by Gasteiger charge is -2.18. The highest BCUT2D eigenvalue weighted by atomic mass is 19.4. The number of nitrogens with two attached hydrogens (primary N) is 2. The fourth-order valence-corrected chi connectivity index (χ4v) is 3.98. The highest BCUT2D eigenvalue weighted by Crippen LogP contribution is 2.28. The summed E-state index contributed by atoms with van der Waals surface area (Å²) in [7, 11) is 4.52. The number of aliphatic hydroxyl groups excluding tert-OH is 1. The standard InChI is InChI=1S/C17H20F3N5O.C15H23N5O.C3H3F3O2.C2H6.CH4O.H2O/c1-11(9-10-13-7-5-4-6-8-13)21-15-22-14(17(18,19)20)23-16(24-15)25(3)12(2)26;1-11(9-10-13-7-5-4-6-8-13)18-14(16)19-15(17)20(3)12(2)21;1-8-2(7)3(4,5)6;2*1-2;/h4-8,11H,9-10H2,1-3H3,(H,21,22,23,24);4-8,11H,9-10H2,1-3H3,(H4,16,17,18,19);1H3;1-2H3;2H,1H3;1H2. The third-order valence-corrected chi connectivity index (χ3v) is 7.24. The number of alkyl halides is 6. The van der Waals surface area contributed by atoms with Gasteiger partial charge in [-0.15, -0.1) is 0 Å². The van der Waals surface area contributed by atoms with Crippen molar-refractivity contribution in [3.63, 3.8) is 0 Å². The topological polar surface area (TPSA) is 246 Å². The van der Waals surface area contributed by atoms with Gasteiger partial charge in [0.1, 0.15) is 0 Å². The van der Waals surface area contributed by atoms with E-state index < -0.39 is 30.1 Å². The number of methoxy groups -OCH3 is 1. The predicted molar refractivity (Wildman–Crippen MR) is 219 cm³/mol. The molecule has 0 radical (unpaired) electrons. The summed E-state index contributed by atoms with van der Waals surface area (Å²) < 4.78 is 75.4. The minimum Gasteiger partial charge on any atom is -0.462 e. The highest BCUT2D eigenvalue weighted by Gasteiger charge is 2.40. The van der Waals surface area contributed by atoms with Crippen molar-refractivity contribution in [3.05, 3.63) is 77.6 Å². The molecule has 16 nitrogen and oxygen atoms in total. The summed E-state index contributed by atoms with van der Waals surface area (Å²) in [5, 5.41) is 9.86. The first kappa shape index (κ1) is 58.4. The van der Waals surface area contributed by atoms with Crippen LogP contribution in [-0.2, 0) is 38.1 Å². The molecule has 0 aliphatic carbocycles. The molecule has 2 atom stereocenters. The van der Waals surface area contributed by atoms with Crippen LogP contribution in [0.15, 0.2) is 70.6 Å². The molecule has 0 saturated carbocycles. The number of hydrogen-bond acceptors (Lipinski definition) is 10. The van der Waals surface area contributed by atoms with E-state index in [-0.39, 0.29) is 47.3 Å². The van der Waals surface area contributed by atoms with Gasteiger partial charge in [0, 0.05) is 41.1 Å². The molecule has 22 heteroatoms. The van der Waals surface area contributed by atoms with Crippen LogP contribution in [0.25, 0.3) is 0 Å². The van der Waals surface area contributed by atoms with Crippen LogP contribution in [0.1, 0.15) is 71.3 Å². The van der Waals surface area contributed by atoms with E-state index in [0.29, 0.717) is 13.5 Å². The van der Waals surface area contributed by atoms with Gasteiger partial charge in [0.2, 0.25) is 41.5 Å². The molecule has 0 aliphatic heterocycles. The molecule has 0 saturated heterocycles. The van der Waals surface area contributed by atoms with Crippen molar-refractivity contribution in [3.8, 4) is 0 Å². The number of aliphatic hydroxyl groups is 1. The number of esters is 1. The average Bonchev–Trinajstić information content (AvgIpc) is 3.20. The summed E-state index contributed by atoms with van der Waals surface area (Å²) in [6.45, 7) is 10.4. The summed E-state index contributed by atoms with van der Waals surface area (Å²) in [5.41, 5.74) is 13.8. The second kappa shape index (κ2) is 30.2. The van der Waals surface area contributed by atoms with Gasteiger partial charge in [-0.25, -0.2) is 9.79 Å². The molecule has 1 aromatic heterocycles. The monoisotopic (exact) mass is 864 g/mol. The molecule has 1 heterocycles. The normalized spacial score (nSPS) is 11.9. The van der Waals surface area contributed by atoms with Crippen molar-refractivity contribution in [2.75, 3.05) is 38.5 Å². The van der Waals surface area contributed by atoms with Crippen LogP contribution in [0.4, 0.5) is 38.2 Å². The minimum absolute atomic E-state index is 0. The van der Waals surface area contributed by atoms with E-state index >= 15 is 0 Å². The third kappa shape index (κ3) is 24.8. The molecule has 60 heavy (non-hydrogen) atoms. The van der Waals surface area contributed by atoms with Crippen molar-refractivity contribution in [1.29, 1.82) is 0 Å². The van der Waals surface area contributed by atoms with Gasteiger partial charge in [-0.05, 0) is 50.7 Å². The number of anilines is 2. The van der Waals surface area contributed by atoms with Gasteiger partial charge in [0.05, 0.1) is 13.2 Å². The van der Waals surface area contributed by atoms with Crippen LogP contribution in [0.5, 0.6) is 0 Å². The fourth-order valence-electron chi connectivity index (χ4n) is 3.98. The van der Waals surface area contributed by atoms with E-state index in [4.69, 9.17) is 16.6 Å². The lowest BCUT2D eigenvalue weighted by molar-refractivity contribution is -0.196. The molecule has 0 bridgehead atoms. The second-order valence-corrected chi connectivity index (χ2v) is 11.8. The van der Waals surface area contributed by atoms with E-state index in [1.807, 2.05) is 76.2 Å². The zero-order valence-electron chi connectivity index (χ0n) is 35.4. The third-order valence-electron chi connectivity index (χ3n) is 7.24. The summed E-state index contributed by atoms with van der Waals surface area (Å²) in [6, 6.07) is 19.8. The Labute approximate surface area is 346 Å². The largest absolute Gasteiger partial charge is 0.490 e. The quantitative estimate of drug-likeness (QED) is 0.0919. The van der Waals surface area contributed by atoms with Crippen LogP contribution in [0.3, 0.4) is 0 Å². The Morgan fingerprint density at radius 3 is 1.67 bits per heavy atom. The van der Waals surface area contributed by atoms with Crippen molar-refractivity contribution in [1.82, 2.24) is 19.9 Å². The Bertz CT molecular complexity index is 1740. The molecule has 3 aromatic rings. The average molecular weight is 865 g/mol. The summed E-state index contributed by atoms with van der Waals surface area (Å²) >= 11 is 0. The smallest absolute Gasteiger partial charge is 0.462 e. The van der Waals surface area contributed by atoms with Gasteiger partial charge >= 0.3 is 18.3 Å². The molecule has 3 rings (SSSR count). The van der Waals surface area contributed by atoms with E-state index in [1.165, 1.54) is 38.4 Å². The van der Waals surface area contributed by atoms with Gasteiger partial charge in [0.25, 0.3) is 0 Å². The van der Waals surface area contributed by atoms with Crippen molar-refractivity contribution in [2.24, 2.45) is 21.5 Å². The van der Waals surface area contributed by atoms with E-state index in [0.717, 1.165) is 36.8 Å². The van der Waals surface area contributed by atoms with Gasteiger partial charge in [-0.1, -0.05) is 74.5 Å². The Balaban J connectivity index is -0.000000856. The molecule has 338 valence electrons. The van der Waals surface area contributed by atoms with Crippen LogP contribution in [-0.4, -0.2) is 107 Å². The number of nitrogens with one attached hydrogen (secondary N) is 1. The van der Waals surface area contributed by atoms with Gasteiger partial charge < -0.3 is 32.1 Å². The number of aromatic nitrogens is 3. The maximum Gasteiger partial charge on any atom is 0.490 e. The molecule has 2 amide bonds. The Morgan fingerprint density at radius 1 is 0.817 bits per heavy atom. The summed E-state index contributed by atoms with van der Waals surface area (Å²) in [4.78, 5) is 53.1. The van der Waals surface area contributed by atoms with E-state index in [2.05, 4.69) is 47.1 Å². The molecule has 2 aromatic carbocycles. The number of carbonyl (C=O) groups excluding carboxylic acids is 3. The van der Waals surface area contributed by atoms with Crippen LogP contribution < -0.4 is 21.7 Å². The number of guanidine groups is 2. The summed E-state index contributed by atoms with van der Waals surface area (Å²) in [6.07, 6.45) is -6.37. The number of rotatable bonds is 10. The number of ether oxygens (including phenoxy) is 1. The molecular weight excluding hydrogens is 806 g/mol. The van der Waals surface area contributed by atoms with Crippen molar-refractivity contribution in [2.45, 2.75) is 91.7 Å². The Morgan fingerprint density at radius 2 is 1.28 bits per heavy atom. The molecule has 2 unspecified atom stereocenters. The van der Waals surface area contributed by atoms with Crippen LogP contribution in [0.2, 0.25) is 0 Å². The molecule has 0 fully saturated rings. The first-order valence-corrected chi connectivity index (χ1v) is 18.0. The van der Waals surface area contributed by atoms with Gasteiger partial charge in [-0.2, -0.15) is 46.3 Å². The fraction of sp³-hybridized carbons (Fsp3) is 0.474. The van der Waals surface area contributed by atoms with E-state index in [1.54, 1.807) is 0 Å². The first-order chi connectivity index (χ1) is 27.5. The zero-order valence-corrected chi connectivity index (χ0v) is 35.4. The number of halogens is 6. The number of aliphatic imine (C=N–C) groups is 2. The number of nitrogens with zero attached hydrogens (tertiary/aromatic N) is 7. The van der Waals surface area contributed by atoms with Crippen LogP contribution in [0, 0.1) is 0 Å². The lowest BCUT2D eigenvalue weighted by Crippen LogP contribution is -2.38.